The fraction of sp³-hybridized carbons (Fsp3) is 0.533. The number of nitrogens with zero attached hydrogens (tertiary/aromatic N) is 1. The summed E-state index contributed by atoms with van der Waals surface area (Å²) in [5, 5.41) is 5.19. The Balaban J connectivity index is 3.42. The van der Waals surface area contributed by atoms with Crippen LogP contribution in [0.15, 0.2) is 17.0 Å². The van der Waals surface area contributed by atoms with Crippen molar-refractivity contribution in [3.05, 3.63) is 28.8 Å². The van der Waals surface area contributed by atoms with Crippen molar-refractivity contribution >= 4 is 15.9 Å². The van der Waals surface area contributed by atoms with Crippen LogP contribution >= 0.6 is 0 Å². The van der Waals surface area contributed by atoms with Crippen LogP contribution in [-0.4, -0.2) is 31.8 Å². The first kappa shape index (κ1) is 17.7. The smallest absolute Gasteiger partial charge is 0.254 e. The van der Waals surface area contributed by atoms with E-state index in [1.54, 1.807) is 11.8 Å². The molecule has 0 aromatic heterocycles. The summed E-state index contributed by atoms with van der Waals surface area (Å²) in [6.07, 6.45) is 0.840. The highest BCUT2D eigenvalue weighted by Gasteiger charge is 2.23. The van der Waals surface area contributed by atoms with Gasteiger partial charge in [0.2, 0.25) is 10.0 Å². The highest BCUT2D eigenvalue weighted by molar-refractivity contribution is 7.89. The van der Waals surface area contributed by atoms with Crippen molar-refractivity contribution in [2.24, 2.45) is 5.14 Å². The second-order valence-corrected chi connectivity index (χ2v) is 6.87. The van der Waals surface area contributed by atoms with Crippen LogP contribution in [-0.2, 0) is 10.0 Å². The zero-order chi connectivity index (χ0) is 16.4. The van der Waals surface area contributed by atoms with Gasteiger partial charge in [0.1, 0.15) is 0 Å². The topological polar surface area (TPSA) is 80.5 Å². The van der Waals surface area contributed by atoms with E-state index in [0.29, 0.717) is 12.1 Å². The number of rotatable bonds is 5. The Morgan fingerprint density at radius 3 is 2.29 bits per heavy atom. The monoisotopic (exact) mass is 312 g/mol. The van der Waals surface area contributed by atoms with Gasteiger partial charge in [0, 0.05) is 18.2 Å². The predicted molar refractivity (Wildman–Crippen MR) is 83.8 cm³/mol. The van der Waals surface area contributed by atoms with Crippen molar-refractivity contribution in [3.8, 4) is 0 Å². The maximum atomic E-state index is 12.7. The van der Waals surface area contributed by atoms with Gasteiger partial charge >= 0.3 is 0 Å². The minimum absolute atomic E-state index is 0.0193. The molecule has 0 bridgehead atoms. The summed E-state index contributed by atoms with van der Waals surface area (Å²) < 4.78 is 23.1. The van der Waals surface area contributed by atoms with E-state index in [1.807, 2.05) is 27.7 Å². The third-order valence-corrected chi connectivity index (χ3v) is 4.82. The molecule has 0 radical (unpaired) electrons. The predicted octanol–water partition coefficient (Wildman–Crippen LogP) is 2.21. The van der Waals surface area contributed by atoms with Crippen molar-refractivity contribution in [1.82, 2.24) is 4.90 Å². The first-order valence-corrected chi connectivity index (χ1v) is 8.63. The van der Waals surface area contributed by atoms with Crippen LogP contribution < -0.4 is 5.14 Å². The molecule has 1 rings (SSSR count). The quantitative estimate of drug-likeness (QED) is 0.905. The Bertz CT molecular complexity index is 639. The molecular formula is C15H24N2O3S. The number of primary sulfonamides is 1. The molecule has 1 atom stereocenters. The van der Waals surface area contributed by atoms with E-state index in [2.05, 4.69) is 0 Å². The lowest BCUT2D eigenvalue weighted by Gasteiger charge is -2.28. The standard InChI is InChI=1S/C15H24N2O3S/c1-6-11(4)17(7-2)15(18)14-9-13(21(16,19)20)8-10(3)12(14)5/h8-9,11H,6-7H2,1-5H3,(H2,16,19,20). The summed E-state index contributed by atoms with van der Waals surface area (Å²) in [7, 11) is -3.83. The van der Waals surface area contributed by atoms with Crippen molar-refractivity contribution in [2.75, 3.05) is 6.54 Å². The van der Waals surface area contributed by atoms with Crippen molar-refractivity contribution in [1.29, 1.82) is 0 Å². The van der Waals surface area contributed by atoms with Gasteiger partial charge in [-0.1, -0.05) is 6.92 Å². The molecule has 0 heterocycles. The maximum Gasteiger partial charge on any atom is 0.254 e. The fourth-order valence-corrected chi connectivity index (χ4v) is 2.87. The maximum absolute atomic E-state index is 12.7. The van der Waals surface area contributed by atoms with E-state index < -0.39 is 10.0 Å². The van der Waals surface area contributed by atoms with Gasteiger partial charge in [-0.05, 0) is 57.4 Å². The lowest BCUT2D eigenvalue weighted by molar-refractivity contribution is 0.0699. The van der Waals surface area contributed by atoms with Crippen LogP contribution in [0.2, 0.25) is 0 Å². The minimum atomic E-state index is -3.83. The van der Waals surface area contributed by atoms with Gasteiger partial charge in [0.25, 0.3) is 5.91 Å². The fourth-order valence-electron chi connectivity index (χ4n) is 2.24. The van der Waals surface area contributed by atoms with Gasteiger partial charge in [-0.15, -0.1) is 0 Å². The molecular weight excluding hydrogens is 288 g/mol. The molecule has 0 saturated heterocycles. The summed E-state index contributed by atoms with van der Waals surface area (Å²) >= 11 is 0. The third-order valence-electron chi connectivity index (χ3n) is 3.92. The van der Waals surface area contributed by atoms with Gasteiger partial charge in [0.15, 0.2) is 0 Å². The summed E-state index contributed by atoms with van der Waals surface area (Å²) in [6.45, 7) is 10.1. The number of sulfonamides is 1. The Labute approximate surface area is 127 Å². The minimum Gasteiger partial charge on any atom is -0.336 e. The Morgan fingerprint density at radius 2 is 1.86 bits per heavy atom. The van der Waals surface area contributed by atoms with E-state index in [-0.39, 0.29) is 16.8 Å². The number of aryl methyl sites for hydroxylation is 1. The number of carbonyl (C=O) groups is 1. The van der Waals surface area contributed by atoms with Crippen molar-refractivity contribution < 1.29 is 13.2 Å². The van der Waals surface area contributed by atoms with Gasteiger partial charge in [0.05, 0.1) is 4.90 Å². The van der Waals surface area contributed by atoms with Crippen molar-refractivity contribution in [3.63, 3.8) is 0 Å². The van der Waals surface area contributed by atoms with Crippen molar-refractivity contribution in [2.45, 2.75) is 52.0 Å². The Kier molecular flexibility index (Phi) is 5.53. The van der Waals surface area contributed by atoms with E-state index in [1.165, 1.54) is 12.1 Å². The average Bonchev–Trinajstić information content (AvgIpc) is 2.40. The van der Waals surface area contributed by atoms with Gasteiger partial charge in [-0.2, -0.15) is 0 Å². The molecule has 0 saturated carbocycles. The molecule has 21 heavy (non-hydrogen) atoms. The molecule has 2 N–H and O–H groups in total. The van der Waals surface area contributed by atoms with Crippen LogP contribution in [0.5, 0.6) is 0 Å². The molecule has 5 nitrogen and oxygen atoms in total. The van der Waals surface area contributed by atoms with E-state index >= 15 is 0 Å². The van der Waals surface area contributed by atoms with Gasteiger partial charge in [-0.3, -0.25) is 4.79 Å². The highest BCUT2D eigenvalue weighted by Crippen LogP contribution is 2.22. The molecule has 0 aliphatic rings. The van der Waals surface area contributed by atoms with Crippen LogP contribution in [0, 0.1) is 13.8 Å². The molecule has 1 unspecified atom stereocenters. The van der Waals surface area contributed by atoms with Gasteiger partial charge in [-0.25, -0.2) is 13.6 Å². The molecule has 6 heteroatoms. The number of hydrogen-bond donors (Lipinski definition) is 1. The molecule has 0 aliphatic carbocycles. The second kappa shape index (κ2) is 6.58. The largest absolute Gasteiger partial charge is 0.336 e. The third kappa shape index (κ3) is 3.83. The Morgan fingerprint density at radius 1 is 1.29 bits per heavy atom. The SMILES string of the molecule is CCC(C)N(CC)C(=O)c1cc(S(N)(=O)=O)cc(C)c1C. The first-order valence-electron chi connectivity index (χ1n) is 7.08. The Hall–Kier alpha value is -1.40. The van der Waals surface area contributed by atoms with E-state index in [0.717, 1.165) is 17.5 Å². The molecule has 1 amide bonds. The zero-order valence-electron chi connectivity index (χ0n) is 13.3. The van der Waals surface area contributed by atoms with Crippen LogP contribution in [0.1, 0.15) is 48.7 Å². The number of benzene rings is 1. The number of carbonyl (C=O) groups excluding carboxylic acids is 1. The van der Waals surface area contributed by atoms with Crippen LogP contribution in [0.3, 0.4) is 0 Å². The molecule has 1 aromatic rings. The number of nitrogens with two attached hydrogens (primary N) is 1. The number of amides is 1. The summed E-state index contributed by atoms with van der Waals surface area (Å²) in [5.41, 5.74) is 1.93. The van der Waals surface area contributed by atoms with Crippen LogP contribution in [0.25, 0.3) is 0 Å². The molecule has 0 fully saturated rings. The molecule has 0 aliphatic heterocycles. The molecule has 1 aromatic carbocycles. The normalized spacial score (nSPS) is 13.0. The summed E-state index contributed by atoms with van der Waals surface area (Å²) in [4.78, 5) is 14.4. The van der Waals surface area contributed by atoms with E-state index in [9.17, 15) is 13.2 Å². The molecule has 118 valence electrons. The van der Waals surface area contributed by atoms with E-state index in [4.69, 9.17) is 5.14 Å². The zero-order valence-corrected chi connectivity index (χ0v) is 14.1. The molecule has 0 spiro atoms. The summed E-state index contributed by atoms with van der Waals surface area (Å²) in [5.74, 6) is -0.155. The lowest BCUT2D eigenvalue weighted by atomic mass is 10.0. The number of hydrogen-bond acceptors (Lipinski definition) is 3. The summed E-state index contributed by atoms with van der Waals surface area (Å²) in [6, 6.07) is 2.98. The highest BCUT2D eigenvalue weighted by atomic mass is 32.2. The second-order valence-electron chi connectivity index (χ2n) is 5.31. The first-order chi connectivity index (χ1) is 9.63. The van der Waals surface area contributed by atoms with Crippen LogP contribution in [0.4, 0.5) is 0 Å². The lowest BCUT2D eigenvalue weighted by Crippen LogP contribution is -2.38. The van der Waals surface area contributed by atoms with Gasteiger partial charge < -0.3 is 4.90 Å². The average molecular weight is 312 g/mol.